The zero-order valence-corrected chi connectivity index (χ0v) is 9.57. The summed E-state index contributed by atoms with van der Waals surface area (Å²) in [4.78, 5) is 10.6. The van der Waals surface area contributed by atoms with E-state index in [2.05, 4.69) is 5.32 Å². The standard InChI is InChI=1S/C11H15ClN2O2/c12-5-6-14-9-3-1-8(2-4-9)7-10(13)11(15)16/h1-4,10,14H,5-7,13H2,(H,15,16)/t10-/m0/s1. The summed E-state index contributed by atoms with van der Waals surface area (Å²) >= 11 is 5.54. The Balaban J connectivity index is 2.54. The van der Waals surface area contributed by atoms with Crippen LogP contribution >= 0.6 is 11.6 Å². The van der Waals surface area contributed by atoms with E-state index in [4.69, 9.17) is 22.4 Å². The van der Waals surface area contributed by atoms with Crippen LogP contribution in [0, 0.1) is 0 Å². The molecule has 0 spiro atoms. The molecule has 0 bridgehead atoms. The van der Waals surface area contributed by atoms with Gasteiger partial charge in [-0.2, -0.15) is 0 Å². The van der Waals surface area contributed by atoms with Gasteiger partial charge in [-0.05, 0) is 24.1 Å². The Bertz CT molecular complexity index is 340. The zero-order chi connectivity index (χ0) is 12.0. The molecule has 16 heavy (non-hydrogen) atoms. The Hall–Kier alpha value is -1.26. The molecule has 0 aromatic heterocycles. The first-order valence-electron chi connectivity index (χ1n) is 5.00. The van der Waals surface area contributed by atoms with Gasteiger partial charge in [-0.1, -0.05) is 12.1 Å². The van der Waals surface area contributed by atoms with Gasteiger partial charge < -0.3 is 16.2 Å². The number of anilines is 1. The van der Waals surface area contributed by atoms with Gasteiger partial charge in [-0.15, -0.1) is 11.6 Å². The second-order valence-corrected chi connectivity index (χ2v) is 3.84. The SMILES string of the molecule is N[C@@H](Cc1ccc(NCCCl)cc1)C(=O)O. The van der Waals surface area contributed by atoms with Gasteiger partial charge in [-0.3, -0.25) is 4.79 Å². The topological polar surface area (TPSA) is 75.3 Å². The summed E-state index contributed by atoms with van der Waals surface area (Å²) in [5, 5.41) is 11.8. The summed E-state index contributed by atoms with van der Waals surface area (Å²) < 4.78 is 0. The Morgan fingerprint density at radius 2 is 2.06 bits per heavy atom. The molecule has 0 fully saturated rings. The van der Waals surface area contributed by atoms with Gasteiger partial charge in [0.25, 0.3) is 0 Å². The second-order valence-electron chi connectivity index (χ2n) is 3.46. The first kappa shape index (κ1) is 12.8. The molecule has 1 aromatic carbocycles. The van der Waals surface area contributed by atoms with Crippen molar-refractivity contribution in [1.82, 2.24) is 0 Å². The lowest BCUT2D eigenvalue weighted by Crippen LogP contribution is -2.32. The Morgan fingerprint density at radius 3 is 2.56 bits per heavy atom. The molecule has 0 saturated carbocycles. The van der Waals surface area contributed by atoms with E-state index in [9.17, 15) is 4.79 Å². The third-order valence-corrected chi connectivity index (χ3v) is 2.34. The number of carbonyl (C=O) groups is 1. The third-order valence-electron chi connectivity index (χ3n) is 2.15. The maximum atomic E-state index is 10.6. The molecule has 0 amide bonds. The van der Waals surface area contributed by atoms with Crippen molar-refractivity contribution < 1.29 is 9.90 Å². The fourth-order valence-electron chi connectivity index (χ4n) is 1.29. The molecule has 1 rings (SSSR count). The van der Waals surface area contributed by atoms with Gasteiger partial charge in [0.05, 0.1) is 0 Å². The fourth-order valence-corrected chi connectivity index (χ4v) is 1.39. The normalized spacial score (nSPS) is 12.1. The number of hydrogen-bond donors (Lipinski definition) is 3. The highest BCUT2D eigenvalue weighted by molar-refractivity contribution is 6.18. The van der Waals surface area contributed by atoms with Gasteiger partial charge in [0.1, 0.15) is 6.04 Å². The highest BCUT2D eigenvalue weighted by Gasteiger charge is 2.11. The Labute approximate surface area is 99.4 Å². The van der Waals surface area contributed by atoms with E-state index in [1.165, 1.54) is 0 Å². The molecule has 5 heteroatoms. The molecule has 1 atom stereocenters. The van der Waals surface area contributed by atoms with Crippen molar-refractivity contribution in [2.24, 2.45) is 5.73 Å². The molecule has 0 saturated heterocycles. The van der Waals surface area contributed by atoms with Gasteiger partial charge in [0, 0.05) is 18.1 Å². The van der Waals surface area contributed by atoms with Crippen LogP contribution in [0.1, 0.15) is 5.56 Å². The molecule has 1 aromatic rings. The van der Waals surface area contributed by atoms with Crippen molar-refractivity contribution >= 4 is 23.3 Å². The molecule has 0 aliphatic carbocycles. The Kier molecular flexibility index (Phi) is 5.08. The quantitative estimate of drug-likeness (QED) is 0.657. The van der Waals surface area contributed by atoms with Crippen LogP contribution in [0.5, 0.6) is 0 Å². The average molecular weight is 243 g/mol. The predicted octanol–water partition coefficient (Wildman–Crippen LogP) is 1.29. The first-order valence-corrected chi connectivity index (χ1v) is 5.54. The molecular formula is C11H15ClN2O2. The van der Waals surface area contributed by atoms with Crippen LogP contribution in [0.3, 0.4) is 0 Å². The third kappa shape index (κ3) is 4.08. The summed E-state index contributed by atoms with van der Waals surface area (Å²) in [7, 11) is 0. The molecule has 4 nitrogen and oxygen atoms in total. The first-order chi connectivity index (χ1) is 7.63. The van der Waals surface area contributed by atoms with Crippen molar-refractivity contribution in [2.75, 3.05) is 17.7 Å². The van der Waals surface area contributed by atoms with Gasteiger partial charge in [0.2, 0.25) is 0 Å². The van der Waals surface area contributed by atoms with Crippen LogP contribution in [0.2, 0.25) is 0 Å². The number of rotatable bonds is 6. The van der Waals surface area contributed by atoms with Crippen molar-refractivity contribution in [3.63, 3.8) is 0 Å². The molecule has 0 radical (unpaired) electrons. The molecule has 0 unspecified atom stereocenters. The zero-order valence-electron chi connectivity index (χ0n) is 8.82. The number of halogens is 1. The monoisotopic (exact) mass is 242 g/mol. The van der Waals surface area contributed by atoms with Crippen molar-refractivity contribution in [1.29, 1.82) is 0 Å². The smallest absolute Gasteiger partial charge is 0.320 e. The number of benzene rings is 1. The van der Waals surface area contributed by atoms with E-state index in [1.54, 1.807) is 0 Å². The van der Waals surface area contributed by atoms with E-state index >= 15 is 0 Å². The van der Waals surface area contributed by atoms with Gasteiger partial charge in [-0.25, -0.2) is 0 Å². The molecule has 0 aliphatic heterocycles. The van der Waals surface area contributed by atoms with E-state index < -0.39 is 12.0 Å². The molecule has 4 N–H and O–H groups in total. The number of alkyl halides is 1. The summed E-state index contributed by atoms with van der Waals surface area (Å²) in [5.74, 6) is -0.435. The number of carboxylic acid groups (broad SMARTS) is 1. The minimum absolute atomic E-state index is 0.338. The molecule has 0 aliphatic rings. The van der Waals surface area contributed by atoms with E-state index in [0.717, 1.165) is 11.3 Å². The van der Waals surface area contributed by atoms with Crippen molar-refractivity contribution in [3.05, 3.63) is 29.8 Å². The van der Waals surface area contributed by atoms with E-state index in [-0.39, 0.29) is 0 Å². The summed E-state index contributed by atoms with van der Waals surface area (Å²) in [6, 6.07) is 6.65. The lowest BCUT2D eigenvalue weighted by Gasteiger charge is -2.08. The van der Waals surface area contributed by atoms with E-state index in [0.29, 0.717) is 18.8 Å². The van der Waals surface area contributed by atoms with Gasteiger partial charge in [0.15, 0.2) is 0 Å². The average Bonchev–Trinajstić information content (AvgIpc) is 2.28. The Morgan fingerprint density at radius 1 is 1.44 bits per heavy atom. The summed E-state index contributed by atoms with van der Waals surface area (Å²) in [6.45, 7) is 0.704. The number of hydrogen-bond acceptors (Lipinski definition) is 3. The second kappa shape index (κ2) is 6.35. The largest absolute Gasteiger partial charge is 0.480 e. The highest BCUT2D eigenvalue weighted by atomic mass is 35.5. The van der Waals surface area contributed by atoms with Crippen molar-refractivity contribution in [2.45, 2.75) is 12.5 Å². The number of nitrogens with one attached hydrogen (secondary N) is 1. The number of nitrogens with two attached hydrogens (primary N) is 1. The highest BCUT2D eigenvalue weighted by Crippen LogP contribution is 2.10. The van der Waals surface area contributed by atoms with Crippen LogP contribution in [0.25, 0.3) is 0 Å². The lowest BCUT2D eigenvalue weighted by molar-refractivity contribution is -0.138. The number of carboxylic acids is 1. The van der Waals surface area contributed by atoms with Crippen LogP contribution in [-0.4, -0.2) is 29.5 Å². The van der Waals surface area contributed by atoms with E-state index in [1.807, 2.05) is 24.3 Å². The maximum absolute atomic E-state index is 10.6. The van der Waals surface area contributed by atoms with Crippen LogP contribution in [-0.2, 0) is 11.2 Å². The molecule has 0 heterocycles. The predicted molar refractivity (Wildman–Crippen MR) is 65.0 cm³/mol. The van der Waals surface area contributed by atoms with Crippen LogP contribution in [0.15, 0.2) is 24.3 Å². The van der Waals surface area contributed by atoms with Crippen molar-refractivity contribution in [3.8, 4) is 0 Å². The number of aliphatic carboxylic acids is 1. The molecule has 88 valence electrons. The van der Waals surface area contributed by atoms with Crippen LogP contribution < -0.4 is 11.1 Å². The lowest BCUT2D eigenvalue weighted by atomic mass is 10.1. The van der Waals surface area contributed by atoms with Gasteiger partial charge >= 0.3 is 5.97 Å². The maximum Gasteiger partial charge on any atom is 0.320 e. The summed E-state index contributed by atoms with van der Waals surface area (Å²) in [6.07, 6.45) is 0.338. The minimum atomic E-state index is -0.982. The molecular weight excluding hydrogens is 228 g/mol. The minimum Gasteiger partial charge on any atom is -0.480 e. The summed E-state index contributed by atoms with van der Waals surface area (Å²) in [5.41, 5.74) is 7.31. The fraction of sp³-hybridized carbons (Fsp3) is 0.364. The van der Waals surface area contributed by atoms with Crippen LogP contribution in [0.4, 0.5) is 5.69 Å².